The van der Waals surface area contributed by atoms with Gasteiger partial charge in [-0.3, -0.25) is 4.79 Å². The Morgan fingerprint density at radius 1 is 1.17 bits per heavy atom. The number of nitrogens with one attached hydrogen (secondary N) is 1. The molecule has 0 spiro atoms. The van der Waals surface area contributed by atoms with Gasteiger partial charge in [-0.05, 0) is 73.8 Å². The molecule has 3 N–H and O–H groups in total. The molecule has 2 bridgehead atoms. The lowest BCUT2D eigenvalue weighted by molar-refractivity contribution is -0.147. The van der Waals surface area contributed by atoms with Crippen LogP contribution in [0.25, 0.3) is 0 Å². The second kappa shape index (κ2) is 10.8. The first-order chi connectivity index (χ1) is 19.1. The molecule has 1 saturated heterocycles. The fourth-order valence-corrected chi connectivity index (χ4v) is 10.7. The molecular weight excluding hydrogens is 602 g/mol. The van der Waals surface area contributed by atoms with Crippen LogP contribution < -0.4 is 5.32 Å². The summed E-state index contributed by atoms with van der Waals surface area (Å²) < 4.78 is 80.3. The van der Waals surface area contributed by atoms with Crippen molar-refractivity contribution >= 4 is 43.1 Å². The van der Waals surface area contributed by atoms with E-state index in [4.69, 9.17) is 11.6 Å². The fraction of sp³-hybridized carbons (Fsp3) is 0.519. The number of sulfonamides is 1. The topological polar surface area (TPSA) is 141 Å². The number of benzene rings is 2. The van der Waals surface area contributed by atoms with Crippen LogP contribution in [0.3, 0.4) is 0 Å². The zero-order valence-corrected chi connectivity index (χ0v) is 24.5. The van der Waals surface area contributed by atoms with Gasteiger partial charge in [-0.1, -0.05) is 18.5 Å². The number of amides is 1. The van der Waals surface area contributed by atoms with Gasteiger partial charge in [0.1, 0.15) is 0 Å². The highest BCUT2D eigenvalue weighted by atomic mass is 35.5. The summed E-state index contributed by atoms with van der Waals surface area (Å²) in [6.45, 7) is 1.88. The number of aliphatic hydroxyl groups excluding tert-OH is 1. The van der Waals surface area contributed by atoms with Crippen LogP contribution in [0.1, 0.15) is 43.0 Å². The molecule has 1 aliphatic heterocycles. The zero-order chi connectivity index (χ0) is 29.9. The van der Waals surface area contributed by atoms with Crippen LogP contribution in [-0.2, 0) is 19.9 Å². The molecular formula is C27H31ClF2N2O7S2. The maximum absolute atomic E-state index is 13.9. The number of fused-ring (bicyclic) bond motifs is 2. The lowest BCUT2D eigenvalue weighted by Crippen LogP contribution is -2.59. The molecule has 3 fully saturated rings. The van der Waals surface area contributed by atoms with Gasteiger partial charge in [-0.2, -0.15) is 4.31 Å². The third-order valence-electron chi connectivity index (χ3n) is 8.89. The molecule has 0 aromatic heterocycles. The molecule has 2 aliphatic carbocycles. The van der Waals surface area contributed by atoms with Crippen molar-refractivity contribution in [2.24, 2.45) is 17.8 Å². The van der Waals surface area contributed by atoms with Crippen LogP contribution in [0.5, 0.6) is 0 Å². The molecule has 2 aromatic carbocycles. The van der Waals surface area contributed by atoms with Crippen molar-refractivity contribution in [3.63, 3.8) is 0 Å². The number of aliphatic hydroxyl groups is 2. The molecule has 5 rings (SSSR count). The van der Waals surface area contributed by atoms with E-state index in [0.717, 1.165) is 24.3 Å². The van der Waals surface area contributed by atoms with E-state index in [1.54, 1.807) is 0 Å². The average Bonchev–Trinajstić information content (AvgIpc) is 3.27. The number of nitrogens with zero attached hydrogens (tertiary/aromatic N) is 1. The van der Waals surface area contributed by atoms with Crippen LogP contribution in [0, 0.1) is 29.4 Å². The first-order valence-electron chi connectivity index (χ1n) is 13.3. The van der Waals surface area contributed by atoms with Gasteiger partial charge >= 0.3 is 0 Å². The van der Waals surface area contributed by atoms with Crippen molar-refractivity contribution in [2.45, 2.75) is 54.5 Å². The number of carbonyl (C=O) groups is 1. The lowest BCUT2D eigenvalue weighted by atomic mass is 9.70. The Bertz CT molecular complexity index is 1590. The number of hydrogen-bond donors (Lipinski definition) is 3. The molecule has 2 saturated carbocycles. The predicted molar refractivity (Wildman–Crippen MR) is 148 cm³/mol. The Morgan fingerprint density at radius 3 is 2.54 bits per heavy atom. The summed E-state index contributed by atoms with van der Waals surface area (Å²) in [5.74, 6) is -4.35. The number of hydrogen-bond acceptors (Lipinski definition) is 7. The van der Waals surface area contributed by atoms with E-state index in [2.05, 4.69) is 5.32 Å². The minimum Gasteiger partial charge on any atom is -0.389 e. The molecule has 3 aliphatic rings. The smallest absolute Gasteiger partial charge is 0.255 e. The molecule has 2 aromatic rings. The summed E-state index contributed by atoms with van der Waals surface area (Å²) in [5, 5.41) is 24.2. The van der Waals surface area contributed by atoms with E-state index in [-0.39, 0.29) is 58.8 Å². The van der Waals surface area contributed by atoms with Gasteiger partial charge in [-0.25, -0.2) is 25.6 Å². The van der Waals surface area contributed by atoms with Crippen molar-refractivity contribution in [1.29, 1.82) is 0 Å². The normalized spacial score (nSPS) is 30.3. The van der Waals surface area contributed by atoms with Crippen molar-refractivity contribution < 1.29 is 40.6 Å². The van der Waals surface area contributed by atoms with E-state index in [1.807, 2.05) is 6.92 Å². The van der Waals surface area contributed by atoms with Gasteiger partial charge in [0.05, 0.1) is 32.6 Å². The molecule has 41 heavy (non-hydrogen) atoms. The average molecular weight is 633 g/mol. The molecule has 6 atom stereocenters. The first kappa shape index (κ1) is 30.3. The molecule has 1 amide bonds. The molecule has 0 radical (unpaired) electrons. The van der Waals surface area contributed by atoms with Crippen LogP contribution in [0.4, 0.5) is 14.5 Å². The Morgan fingerprint density at radius 2 is 1.90 bits per heavy atom. The number of carbonyl (C=O) groups excluding carboxylic acids is 1. The standard InChI is InChI=1S/C27H31ClF2N2O7S2/c1-15-9-17-11-19(13-20(15)27(17,35)25(33)14-32-7-2-8-40(32,36)37)41(38,39)24-10-16(3-5-21(24)28)26(34)31-18-4-6-22(29)23(30)12-18/h3-6,10,12,15,17,19-20,25,33,35H,2,7-9,11,13-14H2,1H3,(H,31,34)/t15-,17+,19-,20+,25?,27+/m0/s1. The Balaban J connectivity index is 1.37. The van der Waals surface area contributed by atoms with Crippen LogP contribution in [-0.4, -0.2) is 73.1 Å². The van der Waals surface area contributed by atoms with Gasteiger partial charge in [0, 0.05) is 30.4 Å². The van der Waals surface area contributed by atoms with Crippen molar-refractivity contribution in [2.75, 3.05) is 24.2 Å². The Labute approximate surface area is 242 Å². The summed E-state index contributed by atoms with van der Waals surface area (Å²) >= 11 is 6.29. The number of rotatable bonds is 7. The molecule has 1 heterocycles. The van der Waals surface area contributed by atoms with Gasteiger partial charge < -0.3 is 15.5 Å². The van der Waals surface area contributed by atoms with Crippen LogP contribution >= 0.6 is 11.6 Å². The third-order valence-corrected chi connectivity index (χ3v) is 13.5. The highest BCUT2D eigenvalue weighted by Crippen LogP contribution is 2.56. The van der Waals surface area contributed by atoms with Gasteiger partial charge in [0.25, 0.3) is 5.91 Å². The van der Waals surface area contributed by atoms with Crippen LogP contribution in [0.15, 0.2) is 41.3 Å². The maximum Gasteiger partial charge on any atom is 0.255 e. The van der Waals surface area contributed by atoms with E-state index in [9.17, 15) is 40.6 Å². The minimum atomic E-state index is -4.12. The quantitative estimate of drug-likeness (QED) is 0.426. The second-order valence-electron chi connectivity index (χ2n) is 11.3. The summed E-state index contributed by atoms with van der Waals surface area (Å²) in [6, 6.07) is 6.53. The largest absolute Gasteiger partial charge is 0.389 e. The van der Waals surface area contributed by atoms with E-state index in [1.165, 1.54) is 16.4 Å². The van der Waals surface area contributed by atoms with E-state index in [0.29, 0.717) is 12.8 Å². The van der Waals surface area contributed by atoms with Gasteiger partial charge in [0.2, 0.25) is 10.0 Å². The molecule has 1 unspecified atom stereocenters. The Kier molecular flexibility index (Phi) is 8.01. The monoisotopic (exact) mass is 632 g/mol. The van der Waals surface area contributed by atoms with Crippen molar-refractivity contribution in [1.82, 2.24) is 4.31 Å². The number of β-amino-alcohol motifs (C(OH)–C–C–N with tert-alkyl or cyclic N) is 1. The summed E-state index contributed by atoms with van der Waals surface area (Å²) in [7, 11) is -7.62. The second-order valence-corrected chi connectivity index (χ2v) is 16.0. The third kappa shape index (κ3) is 5.40. The summed E-state index contributed by atoms with van der Waals surface area (Å²) in [4.78, 5) is 12.5. The van der Waals surface area contributed by atoms with E-state index < -0.39 is 66.2 Å². The maximum atomic E-state index is 13.9. The molecule has 14 heteroatoms. The lowest BCUT2D eigenvalue weighted by Gasteiger charge is -2.46. The summed E-state index contributed by atoms with van der Waals surface area (Å²) in [5.41, 5.74) is -1.74. The highest BCUT2D eigenvalue weighted by Gasteiger charge is 2.62. The predicted octanol–water partition coefficient (Wildman–Crippen LogP) is 3.21. The summed E-state index contributed by atoms with van der Waals surface area (Å²) in [6.07, 6.45) is -0.449. The first-order valence-corrected chi connectivity index (χ1v) is 16.9. The van der Waals surface area contributed by atoms with Crippen LogP contribution in [0.2, 0.25) is 5.02 Å². The number of halogens is 3. The van der Waals surface area contributed by atoms with Gasteiger partial charge in [-0.15, -0.1) is 0 Å². The molecule has 224 valence electrons. The van der Waals surface area contributed by atoms with E-state index >= 15 is 0 Å². The number of sulfone groups is 1. The Hall–Kier alpha value is -2.16. The SMILES string of the molecule is C[C@H]1C[C@@H]2C[C@H](S(=O)(=O)c3cc(C(=O)Nc4ccc(F)c(F)c4)ccc3Cl)C[C@H]1[C@@]2(O)C(O)CN1CCCS1(=O)=O. The van der Waals surface area contributed by atoms with Gasteiger partial charge in [0.15, 0.2) is 21.5 Å². The zero-order valence-electron chi connectivity index (χ0n) is 22.1. The van der Waals surface area contributed by atoms with Crippen molar-refractivity contribution in [3.05, 3.63) is 58.6 Å². The molecule has 9 nitrogen and oxygen atoms in total. The highest BCUT2D eigenvalue weighted by molar-refractivity contribution is 7.92. The number of anilines is 1. The van der Waals surface area contributed by atoms with Crippen molar-refractivity contribution in [3.8, 4) is 0 Å². The minimum absolute atomic E-state index is 0.0135. The fourth-order valence-electron chi connectivity index (χ4n) is 6.79.